The monoisotopic (exact) mass is 416 g/mol. The molecule has 2 aliphatic heterocycles. The predicted octanol–water partition coefficient (Wildman–Crippen LogP) is 3.09. The molecule has 2 heterocycles. The Kier molecular flexibility index (Phi) is 5.34. The van der Waals surface area contributed by atoms with E-state index in [4.69, 9.17) is 0 Å². The third-order valence-corrected chi connectivity index (χ3v) is 5.44. The second-order valence-corrected chi connectivity index (χ2v) is 7.41. The van der Waals surface area contributed by atoms with Crippen molar-refractivity contribution in [3.8, 4) is 0 Å². The van der Waals surface area contributed by atoms with E-state index < -0.39 is 29.3 Å². The predicted molar refractivity (Wildman–Crippen MR) is 104 cm³/mol. The molecule has 0 aliphatic carbocycles. The lowest BCUT2D eigenvalue weighted by Crippen LogP contribution is -2.40. The molecule has 1 saturated heterocycles. The highest BCUT2D eigenvalue weighted by Gasteiger charge is 2.44. The summed E-state index contributed by atoms with van der Waals surface area (Å²) in [6.45, 7) is 0.776. The first kappa shape index (κ1) is 20.2. The molecule has 0 bridgehead atoms. The van der Waals surface area contributed by atoms with Gasteiger partial charge in [-0.05, 0) is 48.6 Å². The van der Waals surface area contributed by atoms with Gasteiger partial charge in [-0.3, -0.25) is 9.59 Å². The van der Waals surface area contributed by atoms with Crippen LogP contribution in [0.15, 0.2) is 48.2 Å². The van der Waals surface area contributed by atoms with Crippen molar-refractivity contribution in [1.82, 2.24) is 4.90 Å². The summed E-state index contributed by atoms with van der Waals surface area (Å²) in [6, 6.07) is 7.72. The lowest BCUT2D eigenvalue weighted by Gasteiger charge is -2.34. The first-order valence-electron chi connectivity index (χ1n) is 9.60. The van der Waals surface area contributed by atoms with E-state index >= 15 is 0 Å². The summed E-state index contributed by atoms with van der Waals surface area (Å²) in [6.07, 6.45) is 1.49. The van der Waals surface area contributed by atoms with E-state index in [2.05, 4.69) is 0 Å². The van der Waals surface area contributed by atoms with Crippen LogP contribution in [0.1, 0.15) is 18.4 Å². The van der Waals surface area contributed by atoms with Crippen molar-refractivity contribution >= 4 is 23.1 Å². The Morgan fingerprint density at radius 2 is 1.67 bits per heavy atom. The van der Waals surface area contributed by atoms with Gasteiger partial charge in [-0.15, -0.1) is 0 Å². The lowest BCUT2D eigenvalue weighted by atomic mass is 9.97. The fraction of sp³-hybridized carbons (Fsp3) is 0.273. The smallest absolute Gasteiger partial charge is 0.282 e. The summed E-state index contributed by atoms with van der Waals surface area (Å²) in [5.41, 5.74) is 0.0772. The van der Waals surface area contributed by atoms with Crippen molar-refractivity contribution in [1.29, 1.82) is 0 Å². The molecular formula is C22H19F3N2O3. The maximum atomic E-state index is 14.4. The Morgan fingerprint density at radius 1 is 0.967 bits per heavy atom. The molecule has 0 aromatic heterocycles. The Labute approximate surface area is 171 Å². The number of carbonyl (C=O) groups excluding carboxylic acids is 2. The molecule has 8 heteroatoms. The molecule has 2 aromatic rings. The topological polar surface area (TPSA) is 60.9 Å². The number of benzene rings is 2. The minimum Gasteiger partial charge on any atom is -0.396 e. The first-order valence-corrected chi connectivity index (χ1v) is 9.60. The third-order valence-electron chi connectivity index (χ3n) is 5.44. The van der Waals surface area contributed by atoms with Crippen LogP contribution in [-0.2, 0) is 9.59 Å². The molecule has 2 amide bonds. The van der Waals surface area contributed by atoms with Crippen LogP contribution in [0.3, 0.4) is 0 Å². The fourth-order valence-electron chi connectivity index (χ4n) is 3.99. The average molecular weight is 416 g/mol. The van der Waals surface area contributed by atoms with Gasteiger partial charge in [0.2, 0.25) is 0 Å². The summed E-state index contributed by atoms with van der Waals surface area (Å²) in [4.78, 5) is 29.0. The number of piperidine rings is 1. The maximum Gasteiger partial charge on any atom is 0.282 e. The molecule has 4 rings (SSSR count). The van der Waals surface area contributed by atoms with Gasteiger partial charge in [0.15, 0.2) is 0 Å². The Hall–Kier alpha value is -3.13. The van der Waals surface area contributed by atoms with Crippen molar-refractivity contribution in [3.63, 3.8) is 0 Å². The molecule has 2 aliphatic rings. The zero-order valence-corrected chi connectivity index (χ0v) is 15.9. The molecule has 1 atom stereocenters. The number of aliphatic hydroxyl groups excluding tert-OH is 1. The molecule has 0 spiro atoms. The molecule has 0 saturated carbocycles. The van der Waals surface area contributed by atoms with E-state index in [9.17, 15) is 27.9 Å². The van der Waals surface area contributed by atoms with Crippen LogP contribution in [0.25, 0.3) is 5.57 Å². The minimum atomic E-state index is -1.04. The Bertz CT molecular complexity index is 1040. The normalized spacial score (nSPS) is 19.8. The highest BCUT2D eigenvalue weighted by molar-refractivity contribution is 6.45. The number of hydrogen-bond donors (Lipinski definition) is 1. The Balaban J connectivity index is 1.83. The van der Waals surface area contributed by atoms with Crippen molar-refractivity contribution in [3.05, 3.63) is 71.2 Å². The zero-order valence-electron chi connectivity index (χ0n) is 15.9. The molecule has 1 fully saturated rings. The van der Waals surface area contributed by atoms with E-state index in [1.165, 1.54) is 24.3 Å². The summed E-state index contributed by atoms with van der Waals surface area (Å²) in [5, 5.41) is 9.54. The number of aliphatic hydroxyl groups is 1. The van der Waals surface area contributed by atoms with E-state index in [-0.39, 0.29) is 29.5 Å². The molecular weight excluding hydrogens is 397 g/mol. The number of halogens is 3. The van der Waals surface area contributed by atoms with E-state index in [1.807, 2.05) is 0 Å². The van der Waals surface area contributed by atoms with Gasteiger partial charge in [0.05, 0.1) is 11.3 Å². The molecule has 30 heavy (non-hydrogen) atoms. The first-order chi connectivity index (χ1) is 14.4. The summed E-state index contributed by atoms with van der Waals surface area (Å²) < 4.78 is 41.2. The summed E-state index contributed by atoms with van der Waals surface area (Å²) in [5.74, 6) is -3.94. The van der Waals surface area contributed by atoms with E-state index in [1.54, 1.807) is 4.90 Å². The van der Waals surface area contributed by atoms with Gasteiger partial charge in [0, 0.05) is 25.8 Å². The van der Waals surface area contributed by atoms with Gasteiger partial charge in [-0.25, -0.2) is 18.1 Å². The molecule has 156 valence electrons. The number of rotatable bonds is 4. The number of likely N-dealkylation sites (tertiary alicyclic amines) is 1. The SMILES string of the molecule is O=C1C(c2ccc(F)cc2)=C(N2CCCC(CO)C2)C(=O)N1c1ccc(F)cc1F. The second-order valence-electron chi connectivity index (χ2n) is 7.41. The van der Waals surface area contributed by atoms with E-state index in [0.29, 0.717) is 36.0 Å². The largest absolute Gasteiger partial charge is 0.396 e. The van der Waals surface area contributed by atoms with Crippen molar-refractivity contribution in [2.75, 3.05) is 24.6 Å². The van der Waals surface area contributed by atoms with Crippen LogP contribution in [0, 0.1) is 23.4 Å². The van der Waals surface area contributed by atoms with Crippen LogP contribution in [0.5, 0.6) is 0 Å². The maximum absolute atomic E-state index is 14.4. The zero-order chi connectivity index (χ0) is 21.4. The highest BCUT2D eigenvalue weighted by atomic mass is 19.1. The number of imide groups is 1. The van der Waals surface area contributed by atoms with Crippen molar-refractivity contribution in [2.45, 2.75) is 12.8 Å². The Morgan fingerprint density at radius 3 is 2.33 bits per heavy atom. The van der Waals surface area contributed by atoms with Gasteiger partial charge < -0.3 is 10.0 Å². The summed E-state index contributed by atoms with van der Waals surface area (Å²) >= 11 is 0. The van der Waals surface area contributed by atoms with Gasteiger partial charge in [-0.1, -0.05) is 12.1 Å². The highest BCUT2D eigenvalue weighted by Crippen LogP contribution is 2.37. The molecule has 1 N–H and O–H groups in total. The van der Waals surface area contributed by atoms with Crippen LogP contribution in [0.2, 0.25) is 0 Å². The minimum absolute atomic E-state index is 0.0299. The van der Waals surface area contributed by atoms with Crippen LogP contribution in [-0.4, -0.2) is 41.5 Å². The molecule has 1 unspecified atom stereocenters. The summed E-state index contributed by atoms with van der Waals surface area (Å²) in [7, 11) is 0. The number of amides is 2. The second kappa shape index (κ2) is 7.95. The molecule has 2 aromatic carbocycles. The molecule has 0 radical (unpaired) electrons. The van der Waals surface area contributed by atoms with Crippen LogP contribution >= 0.6 is 0 Å². The van der Waals surface area contributed by atoms with Gasteiger partial charge in [0.25, 0.3) is 11.8 Å². The van der Waals surface area contributed by atoms with E-state index in [0.717, 1.165) is 18.6 Å². The van der Waals surface area contributed by atoms with Crippen LogP contribution < -0.4 is 4.90 Å². The molecule has 5 nitrogen and oxygen atoms in total. The number of carbonyl (C=O) groups is 2. The standard InChI is InChI=1S/C22H19F3N2O3/c23-15-5-3-14(4-6-15)19-20(26-9-1-2-13(11-26)12-28)22(30)27(21(19)29)18-8-7-16(24)10-17(18)25/h3-8,10,13,28H,1-2,9,11-12H2. The van der Waals surface area contributed by atoms with Gasteiger partial charge in [-0.2, -0.15) is 0 Å². The van der Waals surface area contributed by atoms with Crippen LogP contribution in [0.4, 0.5) is 18.9 Å². The number of hydrogen-bond acceptors (Lipinski definition) is 4. The third kappa shape index (κ3) is 3.47. The fourth-order valence-corrected chi connectivity index (χ4v) is 3.99. The average Bonchev–Trinajstić information content (AvgIpc) is 2.99. The quantitative estimate of drug-likeness (QED) is 0.779. The van der Waals surface area contributed by atoms with Crippen molar-refractivity contribution < 1.29 is 27.9 Å². The van der Waals surface area contributed by atoms with Crippen molar-refractivity contribution in [2.24, 2.45) is 5.92 Å². The lowest BCUT2D eigenvalue weighted by molar-refractivity contribution is -0.121. The van der Waals surface area contributed by atoms with Gasteiger partial charge in [0.1, 0.15) is 23.1 Å². The number of nitrogens with zero attached hydrogens (tertiary/aromatic N) is 2. The van der Waals surface area contributed by atoms with Gasteiger partial charge >= 0.3 is 0 Å². The number of anilines is 1.